The minimum atomic E-state index is -0.965. The van der Waals surface area contributed by atoms with E-state index >= 15 is 0 Å². The average molecular weight is 237 g/mol. The molecule has 1 aromatic heterocycles. The van der Waals surface area contributed by atoms with Crippen LogP contribution < -0.4 is 5.73 Å². The summed E-state index contributed by atoms with van der Waals surface area (Å²) in [5.74, 6) is 0. The molecule has 0 saturated carbocycles. The number of pyridine rings is 1. The largest absolute Gasteiger partial charge is 0.383 e. The molecule has 5 nitrogen and oxygen atoms in total. The van der Waals surface area contributed by atoms with Gasteiger partial charge in [-0.25, -0.2) is 0 Å². The molecule has 1 fully saturated rings. The molecule has 1 saturated heterocycles. The van der Waals surface area contributed by atoms with Crippen LogP contribution in [0.2, 0.25) is 0 Å². The number of hydrogen-bond donors (Lipinski definition) is 3. The first-order valence-corrected chi connectivity index (χ1v) is 5.96. The first kappa shape index (κ1) is 12.4. The molecule has 0 aromatic carbocycles. The summed E-state index contributed by atoms with van der Waals surface area (Å²) < 4.78 is 0. The van der Waals surface area contributed by atoms with Gasteiger partial charge in [0.15, 0.2) is 0 Å². The van der Waals surface area contributed by atoms with Crippen LogP contribution in [0.3, 0.4) is 0 Å². The van der Waals surface area contributed by atoms with Gasteiger partial charge in [0.05, 0.1) is 5.69 Å². The van der Waals surface area contributed by atoms with Crippen molar-refractivity contribution < 1.29 is 10.3 Å². The summed E-state index contributed by atoms with van der Waals surface area (Å²) in [6, 6.07) is 3.71. The lowest BCUT2D eigenvalue weighted by Gasteiger charge is -2.27. The van der Waals surface area contributed by atoms with Gasteiger partial charge in [-0.1, -0.05) is 6.07 Å². The van der Waals surface area contributed by atoms with E-state index in [0.717, 1.165) is 12.0 Å². The Morgan fingerprint density at radius 1 is 1.41 bits per heavy atom. The van der Waals surface area contributed by atoms with Crippen LogP contribution in [0.25, 0.3) is 0 Å². The number of nitrogens with two attached hydrogens (primary N) is 1. The van der Waals surface area contributed by atoms with Crippen molar-refractivity contribution in [1.82, 2.24) is 10.0 Å². The highest BCUT2D eigenvalue weighted by atomic mass is 16.5. The Kier molecular flexibility index (Phi) is 3.73. The monoisotopic (exact) mass is 237 g/mol. The number of aromatic nitrogens is 1. The average Bonchev–Trinajstić information content (AvgIpc) is 2.52. The van der Waals surface area contributed by atoms with E-state index in [1.54, 1.807) is 6.20 Å². The molecule has 1 unspecified atom stereocenters. The minimum absolute atomic E-state index is 0.369. The minimum Gasteiger partial charge on any atom is -0.383 e. The third-order valence-electron chi connectivity index (χ3n) is 3.34. The van der Waals surface area contributed by atoms with E-state index < -0.39 is 5.60 Å². The van der Waals surface area contributed by atoms with Crippen LogP contribution in [-0.4, -0.2) is 33.5 Å². The Bertz CT molecular complexity index is 386. The van der Waals surface area contributed by atoms with Gasteiger partial charge in [-0.15, -0.1) is 0 Å². The Hall–Kier alpha value is -1.01. The summed E-state index contributed by atoms with van der Waals surface area (Å²) in [5, 5.41) is 21.4. The fourth-order valence-corrected chi connectivity index (χ4v) is 2.36. The maximum atomic E-state index is 10.7. The van der Waals surface area contributed by atoms with Crippen LogP contribution in [0, 0.1) is 0 Å². The standard InChI is InChI=1S/C12H19N3O2/c13-9-10-3-1-6-14-11(10)12(16)4-2-7-15(17)8-5-12/h1,3,6,16-17H,2,4-5,7-9,13H2. The van der Waals surface area contributed by atoms with Crippen molar-refractivity contribution in [3.05, 3.63) is 29.6 Å². The molecule has 1 aromatic rings. The Balaban J connectivity index is 2.29. The molecule has 94 valence electrons. The molecule has 0 amide bonds. The van der Waals surface area contributed by atoms with Crippen LogP contribution in [-0.2, 0) is 12.1 Å². The summed E-state index contributed by atoms with van der Waals surface area (Å²) in [5.41, 5.74) is 6.25. The van der Waals surface area contributed by atoms with Gasteiger partial charge in [-0.05, 0) is 30.9 Å². The summed E-state index contributed by atoms with van der Waals surface area (Å²) in [6.07, 6.45) is 3.50. The van der Waals surface area contributed by atoms with Crippen LogP contribution in [0.1, 0.15) is 30.5 Å². The van der Waals surface area contributed by atoms with Crippen molar-refractivity contribution in [2.24, 2.45) is 5.73 Å². The first-order chi connectivity index (χ1) is 8.15. The predicted octanol–water partition coefficient (Wildman–Crippen LogP) is 0.603. The van der Waals surface area contributed by atoms with Gasteiger partial charge in [0.25, 0.3) is 0 Å². The summed E-state index contributed by atoms with van der Waals surface area (Å²) in [6.45, 7) is 1.42. The number of aliphatic hydroxyl groups is 1. The Morgan fingerprint density at radius 3 is 3.00 bits per heavy atom. The van der Waals surface area contributed by atoms with Gasteiger partial charge in [0.1, 0.15) is 5.60 Å². The van der Waals surface area contributed by atoms with E-state index in [9.17, 15) is 10.3 Å². The van der Waals surface area contributed by atoms with E-state index in [1.165, 1.54) is 5.06 Å². The molecule has 5 heteroatoms. The van der Waals surface area contributed by atoms with Crippen LogP contribution in [0.4, 0.5) is 0 Å². The second-order valence-corrected chi connectivity index (χ2v) is 4.55. The van der Waals surface area contributed by atoms with Crippen molar-refractivity contribution in [2.75, 3.05) is 13.1 Å². The molecule has 2 rings (SSSR count). The second kappa shape index (κ2) is 5.10. The highest BCUT2D eigenvalue weighted by molar-refractivity contribution is 5.25. The Morgan fingerprint density at radius 2 is 2.24 bits per heavy atom. The van der Waals surface area contributed by atoms with Crippen molar-refractivity contribution in [2.45, 2.75) is 31.4 Å². The van der Waals surface area contributed by atoms with Gasteiger partial charge < -0.3 is 16.0 Å². The highest BCUT2D eigenvalue weighted by Crippen LogP contribution is 2.32. The molecule has 1 aliphatic rings. The Labute approximate surface area is 101 Å². The second-order valence-electron chi connectivity index (χ2n) is 4.55. The van der Waals surface area contributed by atoms with Crippen LogP contribution in [0.5, 0.6) is 0 Å². The van der Waals surface area contributed by atoms with E-state index in [0.29, 0.717) is 38.2 Å². The zero-order valence-corrected chi connectivity index (χ0v) is 9.84. The van der Waals surface area contributed by atoms with Gasteiger partial charge in [-0.3, -0.25) is 4.98 Å². The zero-order chi connectivity index (χ0) is 12.3. The first-order valence-electron chi connectivity index (χ1n) is 5.96. The van der Waals surface area contributed by atoms with Gasteiger partial charge in [0.2, 0.25) is 0 Å². The lowest BCUT2D eigenvalue weighted by atomic mass is 9.88. The maximum absolute atomic E-state index is 10.7. The van der Waals surface area contributed by atoms with Gasteiger partial charge in [0, 0.05) is 25.8 Å². The lowest BCUT2D eigenvalue weighted by Crippen LogP contribution is -2.30. The van der Waals surface area contributed by atoms with Crippen LogP contribution in [0.15, 0.2) is 18.3 Å². The molecule has 2 heterocycles. The molecular weight excluding hydrogens is 218 g/mol. The summed E-state index contributed by atoms with van der Waals surface area (Å²) in [7, 11) is 0. The molecule has 0 bridgehead atoms. The summed E-state index contributed by atoms with van der Waals surface area (Å²) in [4.78, 5) is 4.28. The fourth-order valence-electron chi connectivity index (χ4n) is 2.36. The SMILES string of the molecule is NCc1cccnc1C1(O)CCCN(O)CC1. The van der Waals surface area contributed by atoms with E-state index in [4.69, 9.17) is 5.73 Å². The van der Waals surface area contributed by atoms with Crippen molar-refractivity contribution >= 4 is 0 Å². The van der Waals surface area contributed by atoms with E-state index in [1.807, 2.05) is 12.1 Å². The van der Waals surface area contributed by atoms with Crippen molar-refractivity contribution in [3.8, 4) is 0 Å². The molecule has 0 radical (unpaired) electrons. The number of hydroxylamine groups is 2. The van der Waals surface area contributed by atoms with Crippen LogP contribution >= 0.6 is 0 Å². The molecule has 4 N–H and O–H groups in total. The predicted molar refractivity (Wildman–Crippen MR) is 63.2 cm³/mol. The maximum Gasteiger partial charge on any atom is 0.108 e. The molecule has 1 aliphatic heterocycles. The number of nitrogens with zero attached hydrogens (tertiary/aromatic N) is 2. The highest BCUT2D eigenvalue weighted by Gasteiger charge is 2.34. The fraction of sp³-hybridized carbons (Fsp3) is 0.583. The molecule has 0 aliphatic carbocycles. The van der Waals surface area contributed by atoms with E-state index in [-0.39, 0.29) is 0 Å². The van der Waals surface area contributed by atoms with Crippen molar-refractivity contribution in [1.29, 1.82) is 0 Å². The molecular formula is C12H19N3O2. The lowest BCUT2D eigenvalue weighted by molar-refractivity contribution is -0.0936. The molecule has 1 atom stereocenters. The van der Waals surface area contributed by atoms with Gasteiger partial charge in [-0.2, -0.15) is 5.06 Å². The third-order valence-corrected chi connectivity index (χ3v) is 3.34. The number of rotatable bonds is 2. The molecule has 0 spiro atoms. The molecule has 17 heavy (non-hydrogen) atoms. The topological polar surface area (TPSA) is 82.6 Å². The smallest absolute Gasteiger partial charge is 0.108 e. The van der Waals surface area contributed by atoms with Gasteiger partial charge >= 0.3 is 0 Å². The van der Waals surface area contributed by atoms with E-state index in [2.05, 4.69) is 4.98 Å². The zero-order valence-electron chi connectivity index (χ0n) is 9.84. The quantitative estimate of drug-likeness (QED) is 0.701. The summed E-state index contributed by atoms with van der Waals surface area (Å²) >= 11 is 0. The van der Waals surface area contributed by atoms with Crippen molar-refractivity contribution in [3.63, 3.8) is 0 Å². The third kappa shape index (κ3) is 2.63. The normalized spacial score (nSPS) is 26.8. The number of hydrogen-bond acceptors (Lipinski definition) is 5.